The van der Waals surface area contributed by atoms with Crippen molar-refractivity contribution in [3.05, 3.63) is 87.6 Å². The van der Waals surface area contributed by atoms with Gasteiger partial charge in [-0.05, 0) is 47.9 Å². The van der Waals surface area contributed by atoms with Gasteiger partial charge >= 0.3 is 0 Å². The van der Waals surface area contributed by atoms with Gasteiger partial charge < -0.3 is 11.1 Å². The van der Waals surface area contributed by atoms with Gasteiger partial charge in [-0.3, -0.25) is 14.8 Å². The van der Waals surface area contributed by atoms with Crippen LogP contribution in [0.15, 0.2) is 59.7 Å². The summed E-state index contributed by atoms with van der Waals surface area (Å²) in [6.07, 6.45) is 2.77. The van der Waals surface area contributed by atoms with E-state index >= 15 is 0 Å². The highest BCUT2D eigenvalue weighted by Crippen LogP contribution is 2.23. The fraction of sp³-hybridized carbons (Fsp3) is 0.214. The minimum Gasteiger partial charge on any atom is -0.383 e. The van der Waals surface area contributed by atoms with Gasteiger partial charge in [-0.15, -0.1) is 0 Å². The molecule has 0 unspecified atom stereocenters. The smallest absolute Gasteiger partial charge is 0.263 e. The Morgan fingerprint density at radius 3 is 2.71 bits per heavy atom. The molecule has 0 aliphatic carbocycles. The van der Waals surface area contributed by atoms with E-state index in [0.29, 0.717) is 23.2 Å². The third-order valence-corrected chi connectivity index (χ3v) is 5.90. The third-order valence-electron chi connectivity index (χ3n) is 5.90. The largest absolute Gasteiger partial charge is 0.383 e. The van der Waals surface area contributed by atoms with Crippen molar-refractivity contribution in [3.63, 3.8) is 0 Å². The zero-order valence-electron chi connectivity index (χ0n) is 20.1. The molecular formula is C28H28N6O. The quantitative estimate of drug-likeness (QED) is 0.285. The topological polar surface area (TPSA) is 110 Å². The molecule has 2 aromatic carbocycles. The molecule has 2 aromatic heterocycles. The van der Waals surface area contributed by atoms with Crippen LogP contribution >= 0.6 is 0 Å². The van der Waals surface area contributed by atoms with E-state index in [9.17, 15) is 4.79 Å². The third kappa shape index (κ3) is 4.64. The van der Waals surface area contributed by atoms with Crippen molar-refractivity contribution < 1.29 is 0 Å². The molecule has 4 N–H and O–H groups in total. The standard InChI is InChI=1S/C28H28N6O/c1-4-6-13-22(29)25-26(30)32-17-33-27(25)31-16-21-15-20-12-9-10-18(3)24(20)28(35)34(21)23-14-8-7-11-19(23)5-2/h7-12,14-15,17,29H,4-5,16H2,1-3H3,(H3,30,31,32,33). The molecule has 0 aliphatic heterocycles. The van der Waals surface area contributed by atoms with Gasteiger partial charge in [-0.2, -0.15) is 0 Å². The van der Waals surface area contributed by atoms with E-state index in [1.165, 1.54) is 6.33 Å². The predicted molar refractivity (Wildman–Crippen MR) is 142 cm³/mol. The molecular weight excluding hydrogens is 436 g/mol. The number of hydrogen-bond donors (Lipinski definition) is 3. The molecule has 0 aliphatic rings. The van der Waals surface area contributed by atoms with Gasteiger partial charge in [-0.25, -0.2) is 9.97 Å². The number of anilines is 2. The molecule has 176 valence electrons. The molecule has 2 heterocycles. The molecule has 0 fully saturated rings. The number of nitrogens with zero attached hydrogens (tertiary/aromatic N) is 3. The van der Waals surface area contributed by atoms with E-state index in [1.54, 1.807) is 4.57 Å². The van der Waals surface area contributed by atoms with Crippen LogP contribution in [0.4, 0.5) is 11.6 Å². The summed E-state index contributed by atoms with van der Waals surface area (Å²) in [7, 11) is 0. The van der Waals surface area contributed by atoms with Gasteiger partial charge in [0.2, 0.25) is 0 Å². The molecule has 4 aromatic rings. The molecule has 0 saturated heterocycles. The van der Waals surface area contributed by atoms with Crippen LogP contribution in [0.3, 0.4) is 0 Å². The predicted octanol–water partition coefficient (Wildman–Crippen LogP) is 4.63. The van der Waals surface area contributed by atoms with E-state index in [2.05, 4.69) is 34.0 Å². The number of nitrogen functional groups attached to an aromatic ring is 1. The highest BCUT2D eigenvalue weighted by atomic mass is 16.1. The summed E-state index contributed by atoms with van der Waals surface area (Å²) >= 11 is 0. The van der Waals surface area contributed by atoms with Crippen molar-refractivity contribution in [3.8, 4) is 17.5 Å². The summed E-state index contributed by atoms with van der Waals surface area (Å²) in [5.41, 5.74) is 10.1. The Kier molecular flexibility index (Phi) is 6.93. The second kappa shape index (κ2) is 10.2. The SMILES string of the molecule is CCC#CC(=N)c1c(N)ncnc1NCc1cc2cccc(C)c2c(=O)n1-c1ccccc1CC. The van der Waals surface area contributed by atoms with Gasteiger partial charge in [0.1, 0.15) is 23.7 Å². The van der Waals surface area contributed by atoms with Crippen molar-refractivity contribution in [2.75, 3.05) is 11.1 Å². The number of rotatable bonds is 6. The Hall–Kier alpha value is -4.44. The highest BCUT2D eigenvalue weighted by Gasteiger charge is 2.17. The number of aryl methyl sites for hydroxylation is 2. The van der Waals surface area contributed by atoms with E-state index in [4.69, 9.17) is 11.1 Å². The first-order valence-corrected chi connectivity index (χ1v) is 11.6. The van der Waals surface area contributed by atoms with Crippen LogP contribution in [0.5, 0.6) is 0 Å². The fourth-order valence-corrected chi connectivity index (χ4v) is 4.20. The summed E-state index contributed by atoms with van der Waals surface area (Å²) in [4.78, 5) is 22.2. The van der Waals surface area contributed by atoms with E-state index < -0.39 is 0 Å². The zero-order chi connectivity index (χ0) is 24.9. The Morgan fingerprint density at radius 2 is 1.94 bits per heavy atom. The van der Waals surface area contributed by atoms with Gasteiger partial charge in [-0.1, -0.05) is 56.2 Å². The first-order valence-electron chi connectivity index (χ1n) is 11.6. The van der Waals surface area contributed by atoms with Crippen LogP contribution in [-0.2, 0) is 13.0 Å². The van der Waals surface area contributed by atoms with Crippen LogP contribution in [0.1, 0.15) is 42.7 Å². The number of hydrogen-bond acceptors (Lipinski definition) is 6. The van der Waals surface area contributed by atoms with E-state index in [-0.39, 0.29) is 23.6 Å². The lowest BCUT2D eigenvalue weighted by atomic mass is 10.0. The molecule has 0 bridgehead atoms. The number of fused-ring (bicyclic) bond motifs is 1. The van der Waals surface area contributed by atoms with Crippen molar-refractivity contribution in [2.24, 2.45) is 0 Å². The summed E-state index contributed by atoms with van der Waals surface area (Å²) in [5, 5.41) is 13.2. The summed E-state index contributed by atoms with van der Waals surface area (Å²) in [6.45, 7) is 6.23. The lowest BCUT2D eigenvalue weighted by molar-refractivity contribution is 0.874. The normalized spacial score (nSPS) is 10.6. The Balaban J connectivity index is 1.86. The molecule has 4 rings (SSSR count). The van der Waals surface area contributed by atoms with Crippen LogP contribution in [-0.4, -0.2) is 20.2 Å². The van der Waals surface area contributed by atoms with E-state index in [1.807, 2.05) is 62.4 Å². The van der Waals surface area contributed by atoms with Crippen LogP contribution < -0.4 is 16.6 Å². The minimum absolute atomic E-state index is 0.0512. The van der Waals surface area contributed by atoms with Gasteiger partial charge in [0, 0.05) is 12.1 Å². The maximum absolute atomic E-state index is 13.8. The van der Waals surface area contributed by atoms with E-state index in [0.717, 1.165) is 34.3 Å². The monoisotopic (exact) mass is 464 g/mol. The van der Waals surface area contributed by atoms with Crippen molar-refractivity contribution >= 4 is 28.1 Å². The second-order valence-corrected chi connectivity index (χ2v) is 8.16. The molecule has 7 nitrogen and oxygen atoms in total. The average molecular weight is 465 g/mol. The maximum atomic E-state index is 13.8. The lowest BCUT2D eigenvalue weighted by Crippen LogP contribution is -2.25. The van der Waals surface area contributed by atoms with Gasteiger partial charge in [0.25, 0.3) is 5.56 Å². The molecule has 0 saturated carbocycles. The van der Waals surface area contributed by atoms with Crippen molar-refractivity contribution in [1.82, 2.24) is 14.5 Å². The summed E-state index contributed by atoms with van der Waals surface area (Å²) in [5.74, 6) is 6.27. The highest BCUT2D eigenvalue weighted by molar-refractivity contribution is 6.16. The second-order valence-electron chi connectivity index (χ2n) is 8.16. The van der Waals surface area contributed by atoms with Crippen molar-refractivity contribution in [2.45, 2.75) is 40.2 Å². The Labute approximate surface area is 204 Å². The number of nitrogens with two attached hydrogens (primary N) is 1. The number of para-hydroxylation sites is 1. The first kappa shape index (κ1) is 23.7. The van der Waals surface area contributed by atoms with Crippen LogP contribution in [0, 0.1) is 24.2 Å². The molecule has 0 spiro atoms. The zero-order valence-corrected chi connectivity index (χ0v) is 20.1. The number of benzene rings is 2. The maximum Gasteiger partial charge on any atom is 0.263 e. The lowest BCUT2D eigenvalue weighted by Gasteiger charge is -2.19. The average Bonchev–Trinajstić information content (AvgIpc) is 2.86. The molecule has 0 atom stereocenters. The molecule has 7 heteroatoms. The first-order chi connectivity index (χ1) is 17.0. The van der Waals surface area contributed by atoms with Gasteiger partial charge in [0.15, 0.2) is 0 Å². The van der Waals surface area contributed by atoms with Crippen LogP contribution in [0.2, 0.25) is 0 Å². The molecule has 0 amide bonds. The van der Waals surface area contributed by atoms with Gasteiger partial charge in [0.05, 0.1) is 23.2 Å². The number of nitrogens with one attached hydrogen (secondary N) is 2. The van der Waals surface area contributed by atoms with Crippen LogP contribution in [0.25, 0.3) is 16.5 Å². The summed E-state index contributed by atoms with van der Waals surface area (Å²) in [6, 6.07) is 15.8. The number of pyridine rings is 1. The minimum atomic E-state index is -0.0673. The molecule has 35 heavy (non-hydrogen) atoms. The summed E-state index contributed by atoms with van der Waals surface area (Å²) < 4.78 is 1.77. The van der Waals surface area contributed by atoms with Crippen molar-refractivity contribution in [1.29, 1.82) is 5.41 Å². The number of aromatic nitrogens is 3. The fourth-order valence-electron chi connectivity index (χ4n) is 4.20. The Bertz CT molecular complexity index is 1540. The molecule has 0 radical (unpaired) electrons. The Morgan fingerprint density at radius 1 is 1.14 bits per heavy atom.